The van der Waals surface area contributed by atoms with E-state index in [1.54, 1.807) is 30.3 Å². The maximum absolute atomic E-state index is 12.1. The Labute approximate surface area is 149 Å². The highest BCUT2D eigenvalue weighted by Gasteiger charge is 2.25. The van der Waals surface area contributed by atoms with Gasteiger partial charge in [0, 0.05) is 4.88 Å². The SMILES string of the molecule is NC(=O)c1c(NC(=O)COC(=O)c2ccccc2)sc2c1CCCC2. The van der Waals surface area contributed by atoms with Crippen molar-refractivity contribution in [1.82, 2.24) is 0 Å². The molecule has 0 unspecified atom stereocenters. The van der Waals surface area contributed by atoms with Gasteiger partial charge in [-0.3, -0.25) is 9.59 Å². The van der Waals surface area contributed by atoms with Crippen molar-refractivity contribution < 1.29 is 19.1 Å². The van der Waals surface area contributed by atoms with Crippen molar-refractivity contribution in [2.75, 3.05) is 11.9 Å². The van der Waals surface area contributed by atoms with Crippen LogP contribution in [0.25, 0.3) is 0 Å². The van der Waals surface area contributed by atoms with Crippen LogP contribution < -0.4 is 11.1 Å². The summed E-state index contributed by atoms with van der Waals surface area (Å²) in [6.45, 7) is -0.422. The number of amides is 2. The normalized spacial score (nSPS) is 13.0. The molecule has 0 radical (unpaired) electrons. The van der Waals surface area contributed by atoms with Crippen LogP contribution in [0.3, 0.4) is 0 Å². The molecule has 0 spiro atoms. The highest BCUT2D eigenvalue weighted by molar-refractivity contribution is 7.17. The molecule has 0 saturated heterocycles. The number of fused-ring (bicyclic) bond motifs is 1. The number of carbonyl (C=O) groups is 3. The third-order valence-electron chi connectivity index (χ3n) is 4.01. The molecule has 7 heteroatoms. The van der Waals surface area contributed by atoms with Crippen molar-refractivity contribution in [1.29, 1.82) is 0 Å². The molecule has 2 amide bonds. The Morgan fingerprint density at radius 3 is 2.56 bits per heavy atom. The predicted molar refractivity (Wildman–Crippen MR) is 94.8 cm³/mol. The van der Waals surface area contributed by atoms with E-state index in [-0.39, 0.29) is 0 Å². The van der Waals surface area contributed by atoms with Gasteiger partial charge in [0.2, 0.25) is 0 Å². The lowest BCUT2D eigenvalue weighted by Gasteiger charge is -2.11. The zero-order chi connectivity index (χ0) is 17.8. The van der Waals surface area contributed by atoms with E-state index in [1.165, 1.54) is 11.3 Å². The fraction of sp³-hybridized carbons (Fsp3) is 0.278. The van der Waals surface area contributed by atoms with E-state index in [1.807, 2.05) is 0 Å². The minimum atomic E-state index is -0.573. The summed E-state index contributed by atoms with van der Waals surface area (Å²) in [6, 6.07) is 8.43. The molecule has 0 bridgehead atoms. The molecule has 1 aromatic carbocycles. The summed E-state index contributed by atoms with van der Waals surface area (Å²) in [5.41, 5.74) is 7.20. The molecule has 3 N–H and O–H groups in total. The quantitative estimate of drug-likeness (QED) is 0.802. The first-order valence-corrected chi connectivity index (χ1v) is 8.84. The van der Waals surface area contributed by atoms with E-state index < -0.39 is 24.4 Å². The molecule has 3 rings (SSSR count). The van der Waals surface area contributed by atoms with E-state index in [0.717, 1.165) is 36.1 Å². The summed E-state index contributed by atoms with van der Waals surface area (Å²) in [5, 5.41) is 3.10. The number of aryl methyl sites for hydroxylation is 1. The van der Waals surface area contributed by atoms with E-state index in [0.29, 0.717) is 16.1 Å². The number of anilines is 1. The van der Waals surface area contributed by atoms with Crippen LogP contribution in [0, 0.1) is 0 Å². The van der Waals surface area contributed by atoms with Crippen molar-refractivity contribution in [3.8, 4) is 0 Å². The van der Waals surface area contributed by atoms with Gasteiger partial charge in [-0.25, -0.2) is 4.79 Å². The summed E-state index contributed by atoms with van der Waals surface area (Å²) in [5.74, 6) is -1.61. The second-order valence-corrected chi connectivity index (χ2v) is 6.87. The molecule has 2 aromatic rings. The molecule has 0 fully saturated rings. The van der Waals surface area contributed by atoms with E-state index in [2.05, 4.69) is 5.32 Å². The van der Waals surface area contributed by atoms with Crippen LogP contribution >= 0.6 is 11.3 Å². The number of hydrogen-bond acceptors (Lipinski definition) is 5. The van der Waals surface area contributed by atoms with E-state index in [4.69, 9.17) is 10.5 Å². The number of carbonyl (C=O) groups excluding carboxylic acids is 3. The number of rotatable bonds is 5. The molecule has 0 saturated carbocycles. The highest BCUT2D eigenvalue weighted by Crippen LogP contribution is 2.37. The Kier molecular flexibility index (Phi) is 5.14. The zero-order valence-corrected chi connectivity index (χ0v) is 14.4. The molecule has 6 nitrogen and oxygen atoms in total. The van der Waals surface area contributed by atoms with Crippen molar-refractivity contribution >= 4 is 34.1 Å². The molecule has 1 aromatic heterocycles. The van der Waals surface area contributed by atoms with E-state index in [9.17, 15) is 14.4 Å². The summed E-state index contributed by atoms with van der Waals surface area (Å²) >= 11 is 1.38. The van der Waals surface area contributed by atoms with Crippen LogP contribution in [0.1, 0.15) is 44.0 Å². The lowest BCUT2D eigenvalue weighted by atomic mass is 9.95. The Morgan fingerprint density at radius 2 is 1.84 bits per heavy atom. The highest BCUT2D eigenvalue weighted by atomic mass is 32.1. The lowest BCUT2D eigenvalue weighted by Crippen LogP contribution is -2.22. The van der Waals surface area contributed by atoms with Crippen LogP contribution in [-0.2, 0) is 22.4 Å². The first-order valence-electron chi connectivity index (χ1n) is 8.02. The molecule has 0 atom stereocenters. The van der Waals surface area contributed by atoms with Crippen LogP contribution in [0.2, 0.25) is 0 Å². The Bertz CT molecular complexity index is 814. The summed E-state index contributed by atoms with van der Waals surface area (Å²) < 4.78 is 5.00. The molecular weight excluding hydrogens is 340 g/mol. The Hall–Kier alpha value is -2.67. The van der Waals surface area contributed by atoms with Gasteiger partial charge in [-0.2, -0.15) is 0 Å². The third-order valence-corrected chi connectivity index (χ3v) is 5.22. The van der Waals surface area contributed by atoms with Crippen LogP contribution in [-0.4, -0.2) is 24.4 Å². The topological polar surface area (TPSA) is 98.5 Å². The third kappa shape index (κ3) is 3.88. The molecule has 130 valence electrons. The largest absolute Gasteiger partial charge is 0.452 e. The maximum atomic E-state index is 12.1. The number of ether oxygens (including phenoxy) is 1. The van der Waals surface area contributed by atoms with Gasteiger partial charge in [-0.1, -0.05) is 18.2 Å². The molecule has 1 heterocycles. The van der Waals surface area contributed by atoms with Crippen LogP contribution in [0.4, 0.5) is 5.00 Å². The number of nitrogens with one attached hydrogen (secondary N) is 1. The van der Waals surface area contributed by atoms with Crippen LogP contribution in [0.15, 0.2) is 30.3 Å². The Morgan fingerprint density at radius 1 is 1.12 bits per heavy atom. The molecule has 1 aliphatic carbocycles. The van der Waals surface area contributed by atoms with Gasteiger partial charge in [-0.15, -0.1) is 11.3 Å². The fourth-order valence-electron chi connectivity index (χ4n) is 2.87. The molecule has 25 heavy (non-hydrogen) atoms. The van der Waals surface area contributed by atoms with Gasteiger partial charge in [-0.05, 0) is 43.4 Å². The first-order chi connectivity index (χ1) is 12.1. The lowest BCUT2D eigenvalue weighted by molar-refractivity contribution is -0.119. The smallest absolute Gasteiger partial charge is 0.338 e. The predicted octanol–water partition coefficient (Wildman–Crippen LogP) is 2.52. The standard InChI is InChI=1S/C18H18N2O4S/c19-16(22)15-12-8-4-5-9-13(12)25-17(15)20-14(21)10-24-18(23)11-6-2-1-3-7-11/h1-3,6-7H,4-5,8-10H2,(H2,19,22)(H,20,21). The van der Waals surface area contributed by atoms with Gasteiger partial charge in [0.05, 0.1) is 11.1 Å². The molecule has 1 aliphatic rings. The molecular formula is C18H18N2O4S. The van der Waals surface area contributed by atoms with Gasteiger partial charge in [0.15, 0.2) is 6.61 Å². The molecule has 0 aliphatic heterocycles. The minimum absolute atomic E-state index is 0.375. The Balaban J connectivity index is 1.66. The number of esters is 1. The number of hydrogen-bond donors (Lipinski definition) is 2. The monoisotopic (exact) mass is 358 g/mol. The van der Waals surface area contributed by atoms with Gasteiger partial charge >= 0.3 is 5.97 Å². The zero-order valence-electron chi connectivity index (χ0n) is 13.5. The maximum Gasteiger partial charge on any atom is 0.338 e. The summed E-state index contributed by atoms with van der Waals surface area (Å²) in [4.78, 5) is 36.8. The van der Waals surface area contributed by atoms with Gasteiger partial charge in [0.25, 0.3) is 11.8 Å². The van der Waals surface area contributed by atoms with Crippen LogP contribution in [0.5, 0.6) is 0 Å². The summed E-state index contributed by atoms with van der Waals surface area (Å²) in [7, 11) is 0. The van der Waals surface area contributed by atoms with Gasteiger partial charge in [0.1, 0.15) is 5.00 Å². The minimum Gasteiger partial charge on any atom is -0.452 e. The number of benzene rings is 1. The number of primary amides is 1. The second kappa shape index (κ2) is 7.48. The fourth-order valence-corrected chi connectivity index (χ4v) is 4.18. The van der Waals surface area contributed by atoms with Gasteiger partial charge < -0.3 is 15.8 Å². The van der Waals surface area contributed by atoms with Crippen molar-refractivity contribution in [3.05, 3.63) is 51.9 Å². The second-order valence-electron chi connectivity index (χ2n) is 5.77. The number of thiophene rings is 1. The average Bonchev–Trinajstić information content (AvgIpc) is 2.98. The van der Waals surface area contributed by atoms with Crippen molar-refractivity contribution in [2.24, 2.45) is 5.73 Å². The first kappa shape index (κ1) is 17.2. The van der Waals surface area contributed by atoms with E-state index >= 15 is 0 Å². The van der Waals surface area contributed by atoms with Crippen molar-refractivity contribution in [3.63, 3.8) is 0 Å². The van der Waals surface area contributed by atoms with Crippen molar-refractivity contribution in [2.45, 2.75) is 25.7 Å². The average molecular weight is 358 g/mol. The summed E-state index contributed by atoms with van der Waals surface area (Å²) in [6.07, 6.45) is 3.75. The number of nitrogens with two attached hydrogens (primary N) is 1.